The molecule has 3 fully saturated rings. The van der Waals surface area contributed by atoms with Crippen LogP contribution < -0.4 is 10.6 Å². The van der Waals surface area contributed by atoms with E-state index in [1.54, 1.807) is 30.3 Å². The Balaban J connectivity index is 1.45. The van der Waals surface area contributed by atoms with E-state index in [-0.39, 0.29) is 39.5 Å². The summed E-state index contributed by atoms with van der Waals surface area (Å²) in [7, 11) is 0.0826. The second-order valence-electron chi connectivity index (χ2n) is 28.0. The Kier molecular flexibility index (Phi) is 34.1. The van der Waals surface area contributed by atoms with E-state index in [1.807, 2.05) is 91.0 Å². The zero-order valence-corrected chi connectivity index (χ0v) is 65.2. The average molecular weight is 1560 g/mol. The molecule has 31 nitrogen and oxygen atoms in total. The third-order valence-electron chi connectivity index (χ3n) is 17.7. The Labute approximate surface area is 640 Å². The highest BCUT2D eigenvalue weighted by molar-refractivity contribution is 6.76. The predicted octanol–water partition coefficient (Wildman–Crippen LogP) is 6.34. The Morgan fingerprint density at radius 2 is 0.927 bits per heavy atom. The van der Waals surface area contributed by atoms with Crippen LogP contribution in [-0.2, 0) is 164 Å². The van der Waals surface area contributed by atoms with Gasteiger partial charge in [-0.15, -0.1) is 0 Å². The molecule has 2 N–H and O–H groups in total. The number of rotatable bonds is 40. The maximum absolute atomic E-state index is 15.4. The van der Waals surface area contributed by atoms with Gasteiger partial charge in [-0.1, -0.05) is 141 Å². The van der Waals surface area contributed by atoms with Crippen molar-refractivity contribution in [3.05, 3.63) is 144 Å². The SMILES string of the molecule is COC(=O)[C@@]1(O[C@H](COCc2ccccc2)[C@@H](OC(C)=O)[C@@H]2O[C@@](OC[C@H]3O[C@@H](OCC[Si](C)(C)C)[C@H](OCc4ccccc4)[C@@H](OCc4ccccc4)[C@@H]3OCc3ccccc3)(C(=O)OC)C[C@H](OC(C)=O)[C@H]2NC(C)=O)C[C@H](OC(C)=O)[C@@H](NC(C)=O)[C@H]([C@H](OC(C)=O)[C@@H](COC(C)=O)OC(=O)CCC(C)=O)O1. The molecule has 3 aliphatic rings. The van der Waals surface area contributed by atoms with E-state index in [4.69, 9.17) is 85.3 Å². The van der Waals surface area contributed by atoms with Crippen LogP contribution in [0, 0.1) is 0 Å². The summed E-state index contributed by atoms with van der Waals surface area (Å²) in [6, 6.07) is 33.7. The number of Topliss-reactive ketones (excluding diaryl/α,β-unsaturated/α-hetero) is 1. The molecule has 17 atom stereocenters. The smallest absolute Gasteiger partial charge is 0.366 e. The second-order valence-corrected chi connectivity index (χ2v) is 33.6. The molecule has 0 radical (unpaired) electrons. The van der Waals surface area contributed by atoms with Crippen molar-refractivity contribution >= 4 is 73.4 Å². The Bertz CT molecular complexity index is 3680. The molecule has 3 saturated heterocycles. The topological polar surface area (TPSA) is 378 Å². The van der Waals surface area contributed by atoms with Crippen LogP contribution in [0.4, 0.5) is 0 Å². The molecule has 3 heterocycles. The van der Waals surface area contributed by atoms with Crippen LogP contribution in [0.25, 0.3) is 0 Å². The van der Waals surface area contributed by atoms with Gasteiger partial charge in [0.1, 0.15) is 67.3 Å². The van der Waals surface area contributed by atoms with Crippen molar-refractivity contribution in [1.29, 1.82) is 0 Å². The number of carbonyl (C=O) groups is 11. The van der Waals surface area contributed by atoms with Crippen molar-refractivity contribution < 1.29 is 138 Å². The fourth-order valence-corrected chi connectivity index (χ4v) is 13.5. The maximum Gasteiger partial charge on any atom is 0.366 e. The van der Waals surface area contributed by atoms with Crippen LogP contribution >= 0.6 is 0 Å². The number of esters is 8. The third kappa shape index (κ3) is 26.9. The highest BCUT2D eigenvalue weighted by atomic mass is 28.3. The number of benzene rings is 4. The molecule has 0 saturated carbocycles. The summed E-state index contributed by atoms with van der Waals surface area (Å²) in [5.74, 6) is -17.2. The number of hydrogen-bond donors (Lipinski definition) is 2. The van der Waals surface area contributed by atoms with E-state index < -0.39 is 216 Å². The lowest BCUT2D eigenvalue weighted by Crippen LogP contribution is -2.72. The van der Waals surface area contributed by atoms with Crippen molar-refractivity contribution in [2.75, 3.05) is 40.6 Å². The van der Waals surface area contributed by atoms with Crippen LogP contribution in [0.2, 0.25) is 25.7 Å². The summed E-state index contributed by atoms with van der Waals surface area (Å²) in [4.78, 5) is 151. The molecule has 7 rings (SSSR count). The molecule has 4 aromatic rings. The number of ketones is 1. The maximum atomic E-state index is 15.4. The molecule has 0 spiro atoms. The fraction of sp³-hybridized carbons (Fsp3) is 0.551. The predicted molar refractivity (Wildman–Crippen MR) is 387 cm³/mol. The standard InChI is InChI=1S/C78H102N2O29Si/c1-47(81)34-35-64(89)105-61(45-96-50(4)84)68(103-53(7)87)70-66(80-49(3)83)60(102-52(6)86)39-78(109-70,76(91)93-10)107-63(44-94-40-55-26-18-14-19-27-55)69(104-54(8)88)71-65(79-48(2)82)59(101-51(5)85)38-77(108-71,75(90)92-9)100-46-62-67(97-41-56-28-20-15-21-29-56)72(98-42-57-30-22-16-23-31-57)73(99-43-58-32-24-17-25-33-58)74(106-62)95-36-37-110(11,12)13/h14-33,59-63,65-74H,34-46H2,1-13H3,(H,79,82)(H,80,83)/t59-,60-,61+,62+,63+,65+,66+,67+,68+,69+,70+,71+,72-,73+,74+,77+,78+/m0/s1. The van der Waals surface area contributed by atoms with Gasteiger partial charge >= 0.3 is 47.8 Å². The summed E-state index contributed by atoms with van der Waals surface area (Å²) in [5.41, 5.74) is 2.86. The van der Waals surface area contributed by atoms with Gasteiger partial charge in [-0.25, -0.2) is 9.59 Å². The lowest BCUT2D eigenvalue weighted by atomic mass is 9.86. The Morgan fingerprint density at radius 3 is 1.36 bits per heavy atom. The van der Waals surface area contributed by atoms with Crippen LogP contribution in [0.1, 0.15) is 103 Å². The minimum absolute atomic E-state index is 0.0175. The summed E-state index contributed by atoms with van der Waals surface area (Å²) < 4.78 is 115. The van der Waals surface area contributed by atoms with Gasteiger partial charge in [0.15, 0.2) is 24.6 Å². The van der Waals surface area contributed by atoms with E-state index in [1.165, 1.54) is 6.92 Å². The monoisotopic (exact) mass is 1560 g/mol. The number of ether oxygens (including phenoxy) is 18. The van der Waals surface area contributed by atoms with Crippen molar-refractivity contribution in [3.63, 3.8) is 0 Å². The summed E-state index contributed by atoms with van der Waals surface area (Å²) >= 11 is 0. The minimum Gasteiger partial charge on any atom is -0.465 e. The molecule has 2 amide bonds. The van der Waals surface area contributed by atoms with Crippen molar-refractivity contribution in [1.82, 2.24) is 10.6 Å². The van der Waals surface area contributed by atoms with Gasteiger partial charge in [-0.2, -0.15) is 0 Å². The fourth-order valence-electron chi connectivity index (χ4n) is 12.8. The molecule has 0 aromatic heterocycles. The van der Waals surface area contributed by atoms with E-state index in [2.05, 4.69) is 30.3 Å². The number of amides is 2. The quantitative estimate of drug-likeness (QED) is 0.0279. The molecule has 110 heavy (non-hydrogen) atoms. The second kappa shape index (κ2) is 42.5. The number of methoxy groups -OCH3 is 2. The van der Waals surface area contributed by atoms with E-state index in [9.17, 15) is 43.2 Å². The summed E-state index contributed by atoms with van der Waals surface area (Å²) in [6.45, 7) is 12.3. The highest BCUT2D eigenvalue weighted by Gasteiger charge is 2.64. The van der Waals surface area contributed by atoms with Gasteiger partial charge < -0.3 is 101 Å². The molecule has 0 unspecified atom stereocenters. The molecule has 0 bridgehead atoms. The Morgan fingerprint density at radius 1 is 0.491 bits per heavy atom. The normalized spacial score (nSPS) is 24.9. The lowest BCUT2D eigenvalue weighted by molar-refractivity contribution is -0.358. The van der Waals surface area contributed by atoms with Crippen LogP contribution in [0.3, 0.4) is 0 Å². The first kappa shape index (κ1) is 88.3. The first-order chi connectivity index (χ1) is 52.3. The first-order valence-corrected chi connectivity index (χ1v) is 39.8. The van der Waals surface area contributed by atoms with Crippen LogP contribution in [0.15, 0.2) is 121 Å². The highest BCUT2D eigenvalue weighted by Crippen LogP contribution is 2.43. The first-order valence-electron chi connectivity index (χ1n) is 36.1. The van der Waals surface area contributed by atoms with E-state index in [0.29, 0.717) is 11.6 Å². The van der Waals surface area contributed by atoms with Gasteiger partial charge in [-0.3, -0.25) is 38.4 Å². The largest absolute Gasteiger partial charge is 0.465 e. The molecule has 602 valence electrons. The van der Waals surface area contributed by atoms with Gasteiger partial charge in [-0.05, 0) is 35.2 Å². The minimum atomic E-state index is -3.14. The van der Waals surface area contributed by atoms with Crippen molar-refractivity contribution in [2.45, 2.75) is 236 Å². The number of nitrogens with one attached hydrogen (secondary N) is 2. The zero-order chi connectivity index (χ0) is 80.3. The van der Waals surface area contributed by atoms with Gasteiger partial charge in [0, 0.05) is 69.6 Å². The molecule has 0 aliphatic carbocycles. The summed E-state index contributed by atoms with van der Waals surface area (Å²) in [6.07, 6.45) is -24.8. The van der Waals surface area contributed by atoms with Gasteiger partial charge in [0.25, 0.3) is 11.6 Å². The molecule has 3 aliphatic heterocycles. The van der Waals surface area contributed by atoms with Crippen molar-refractivity contribution in [2.24, 2.45) is 0 Å². The van der Waals surface area contributed by atoms with Gasteiger partial charge in [0.05, 0.1) is 85.2 Å². The van der Waals surface area contributed by atoms with E-state index >= 15 is 9.59 Å². The average Bonchev–Trinajstić information content (AvgIpc) is 0.748. The number of hydrogen-bond acceptors (Lipinski definition) is 29. The lowest BCUT2D eigenvalue weighted by Gasteiger charge is -2.51. The van der Waals surface area contributed by atoms with E-state index in [0.717, 1.165) is 79.4 Å². The zero-order valence-electron chi connectivity index (χ0n) is 64.2. The molecular formula is C78H102N2O29Si. The molecular weight excluding hydrogens is 1460 g/mol. The number of carbonyl (C=O) groups excluding carboxylic acids is 11. The molecule has 32 heteroatoms. The molecule has 4 aromatic carbocycles. The van der Waals surface area contributed by atoms with Crippen LogP contribution in [-0.4, -0.2) is 217 Å². The summed E-state index contributed by atoms with van der Waals surface area (Å²) in [5, 5.41) is 5.33. The van der Waals surface area contributed by atoms with Crippen molar-refractivity contribution in [3.8, 4) is 0 Å². The van der Waals surface area contributed by atoms with Crippen LogP contribution in [0.5, 0.6) is 0 Å². The Hall–Kier alpha value is -8.93. The van der Waals surface area contributed by atoms with Gasteiger partial charge in [0.2, 0.25) is 11.8 Å². The third-order valence-corrected chi connectivity index (χ3v) is 19.4.